The van der Waals surface area contributed by atoms with Crippen LogP contribution >= 0.6 is 0 Å². The fraction of sp³-hybridized carbons (Fsp3) is 0.174. The summed E-state index contributed by atoms with van der Waals surface area (Å²) in [4.78, 5) is 4.90. The average Bonchev–Trinajstić information content (AvgIpc) is 3.03. The molecule has 0 aliphatic heterocycles. The van der Waals surface area contributed by atoms with Crippen LogP contribution in [0.1, 0.15) is 22.3 Å². The number of pyridine rings is 1. The quantitative estimate of drug-likeness (QED) is 0.380. The van der Waals surface area contributed by atoms with Crippen LogP contribution in [0.3, 0.4) is 0 Å². The number of azo groups is 1. The smallest absolute Gasteiger partial charge is 0.187 e. The van der Waals surface area contributed by atoms with Crippen molar-refractivity contribution in [3.63, 3.8) is 0 Å². The predicted octanol–water partition coefficient (Wildman–Crippen LogP) is 6.65. The summed E-state index contributed by atoms with van der Waals surface area (Å²) >= 11 is 0. The van der Waals surface area contributed by atoms with Gasteiger partial charge in [0.15, 0.2) is 5.82 Å². The van der Waals surface area contributed by atoms with E-state index in [0.717, 1.165) is 39.5 Å². The van der Waals surface area contributed by atoms with Gasteiger partial charge in [0, 0.05) is 11.8 Å². The minimum absolute atomic E-state index is 0.750. The van der Waals surface area contributed by atoms with E-state index >= 15 is 0 Å². The van der Waals surface area contributed by atoms with Crippen molar-refractivity contribution in [2.45, 2.75) is 27.7 Å². The first-order valence-electron chi connectivity index (χ1n) is 9.07. The highest BCUT2D eigenvalue weighted by atomic mass is 15.2. The van der Waals surface area contributed by atoms with Gasteiger partial charge in [-0.1, -0.05) is 36.4 Å². The van der Waals surface area contributed by atoms with E-state index in [0.29, 0.717) is 0 Å². The molecular formula is C23H22N4. The van der Waals surface area contributed by atoms with E-state index in [1.54, 1.807) is 0 Å². The normalized spacial score (nSPS) is 11.6. The van der Waals surface area contributed by atoms with E-state index in [1.165, 1.54) is 11.1 Å². The highest BCUT2D eigenvalue weighted by Gasteiger charge is 2.15. The molecule has 2 aromatic carbocycles. The van der Waals surface area contributed by atoms with Crippen LogP contribution in [-0.4, -0.2) is 9.38 Å². The molecule has 0 bridgehead atoms. The summed E-state index contributed by atoms with van der Waals surface area (Å²) in [5.74, 6) is 0.750. The van der Waals surface area contributed by atoms with E-state index in [4.69, 9.17) is 4.98 Å². The van der Waals surface area contributed by atoms with Crippen molar-refractivity contribution in [1.82, 2.24) is 9.38 Å². The largest absolute Gasteiger partial charge is 0.282 e. The SMILES string of the molecule is Cc1ccc(-c2nc3c(C)cccn3c2N=Nc2ccccc2C)cc1C. The van der Waals surface area contributed by atoms with Crippen molar-refractivity contribution in [2.75, 3.05) is 0 Å². The van der Waals surface area contributed by atoms with Crippen molar-refractivity contribution in [1.29, 1.82) is 0 Å². The van der Waals surface area contributed by atoms with Crippen LogP contribution in [0.2, 0.25) is 0 Å². The number of hydrogen-bond donors (Lipinski definition) is 0. The van der Waals surface area contributed by atoms with Crippen molar-refractivity contribution in [3.05, 3.63) is 83.0 Å². The lowest BCUT2D eigenvalue weighted by Crippen LogP contribution is -1.85. The molecule has 0 fully saturated rings. The molecule has 0 aliphatic rings. The molecule has 0 saturated carbocycles. The molecule has 0 aliphatic carbocycles. The van der Waals surface area contributed by atoms with Crippen molar-refractivity contribution in [3.8, 4) is 11.3 Å². The lowest BCUT2D eigenvalue weighted by atomic mass is 10.0. The molecule has 0 spiro atoms. The van der Waals surface area contributed by atoms with Gasteiger partial charge in [-0.05, 0) is 68.1 Å². The third-order valence-corrected chi connectivity index (χ3v) is 4.97. The predicted molar refractivity (Wildman–Crippen MR) is 110 cm³/mol. The Hall–Kier alpha value is -3.27. The second-order valence-corrected chi connectivity index (χ2v) is 6.95. The van der Waals surface area contributed by atoms with E-state index < -0.39 is 0 Å². The molecule has 0 atom stereocenters. The summed E-state index contributed by atoms with van der Waals surface area (Å²) in [6.07, 6.45) is 1.99. The second-order valence-electron chi connectivity index (χ2n) is 6.95. The van der Waals surface area contributed by atoms with Crippen LogP contribution in [0.25, 0.3) is 16.9 Å². The zero-order valence-corrected chi connectivity index (χ0v) is 16.1. The lowest BCUT2D eigenvalue weighted by Gasteiger charge is -2.04. The zero-order valence-electron chi connectivity index (χ0n) is 16.1. The van der Waals surface area contributed by atoms with Crippen molar-refractivity contribution < 1.29 is 0 Å². The third-order valence-electron chi connectivity index (χ3n) is 4.97. The third kappa shape index (κ3) is 3.14. The first-order chi connectivity index (χ1) is 13.0. The second kappa shape index (κ2) is 6.80. The van der Waals surface area contributed by atoms with Gasteiger partial charge in [-0.2, -0.15) is 0 Å². The summed E-state index contributed by atoms with van der Waals surface area (Å²) in [6.45, 7) is 8.34. The summed E-state index contributed by atoms with van der Waals surface area (Å²) in [7, 11) is 0. The van der Waals surface area contributed by atoms with Crippen LogP contribution in [0.4, 0.5) is 11.5 Å². The number of benzene rings is 2. The molecule has 0 N–H and O–H groups in total. The molecule has 4 aromatic rings. The number of hydrogen-bond acceptors (Lipinski definition) is 3. The number of nitrogens with zero attached hydrogens (tertiary/aromatic N) is 4. The Morgan fingerprint density at radius 2 is 1.52 bits per heavy atom. The summed E-state index contributed by atoms with van der Waals surface area (Å²) in [5.41, 5.74) is 8.39. The number of rotatable bonds is 3. The standard InChI is InChI=1S/C23H22N4/c1-15-11-12-19(14-18(15)4)21-23(26-25-20-10-6-5-8-16(20)2)27-13-7-9-17(3)22(27)24-21/h5-14H,1-4H3. The van der Waals surface area contributed by atoms with Gasteiger partial charge in [0.05, 0.1) is 5.69 Å². The van der Waals surface area contributed by atoms with E-state index in [2.05, 4.69) is 55.3 Å². The molecule has 4 heteroatoms. The van der Waals surface area contributed by atoms with Gasteiger partial charge in [-0.15, -0.1) is 10.2 Å². The molecule has 0 saturated heterocycles. The molecule has 0 amide bonds. The molecule has 0 radical (unpaired) electrons. The van der Waals surface area contributed by atoms with E-state index in [1.807, 2.05) is 47.9 Å². The van der Waals surface area contributed by atoms with Crippen molar-refractivity contribution in [2.24, 2.45) is 10.2 Å². The van der Waals surface area contributed by atoms with E-state index in [-0.39, 0.29) is 0 Å². The monoisotopic (exact) mass is 354 g/mol. The minimum Gasteiger partial charge on any atom is -0.282 e. The Balaban J connectivity index is 1.93. The minimum atomic E-state index is 0.750. The van der Waals surface area contributed by atoms with Gasteiger partial charge in [0.2, 0.25) is 0 Å². The molecule has 4 rings (SSSR count). The van der Waals surface area contributed by atoms with Gasteiger partial charge in [0.1, 0.15) is 11.3 Å². The van der Waals surface area contributed by atoms with Gasteiger partial charge in [-0.3, -0.25) is 4.40 Å². The molecule has 0 unspecified atom stereocenters. The Morgan fingerprint density at radius 1 is 0.741 bits per heavy atom. The van der Waals surface area contributed by atoms with Gasteiger partial charge >= 0.3 is 0 Å². The highest BCUT2D eigenvalue weighted by Crippen LogP contribution is 2.34. The van der Waals surface area contributed by atoms with Gasteiger partial charge in [-0.25, -0.2) is 4.98 Å². The Labute approximate surface area is 159 Å². The van der Waals surface area contributed by atoms with Gasteiger partial charge < -0.3 is 0 Å². The number of aryl methyl sites for hydroxylation is 4. The maximum absolute atomic E-state index is 4.90. The molecular weight excluding hydrogens is 332 g/mol. The summed E-state index contributed by atoms with van der Waals surface area (Å²) in [5, 5.41) is 9.14. The van der Waals surface area contributed by atoms with Crippen LogP contribution in [0, 0.1) is 27.7 Å². The Morgan fingerprint density at radius 3 is 2.30 bits per heavy atom. The number of imidazole rings is 1. The highest BCUT2D eigenvalue weighted by molar-refractivity contribution is 5.76. The van der Waals surface area contributed by atoms with Crippen LogP contribution in [-0.2, 0) is 0 Å². The molecule has 4 nitrogen and oxygen atoms in total. The lowest BCUT2D eigenvalue weighted by molar-refractivity contribution is 1.09. The van der Waals surface area contributed by atoms with Crippen molar-refractivity contribution >= 4 is 17.2 Å². The maximum Gasteiger partial charge on any atom is 0.187 e. The maximum atomic E-state index is 4.90. The topological polar surface area (TPSA) is 42.0 Å². The first kappa shape index (κ1) is 17.2. The van der Waals surface area contributed by atoms with Crippen LogP contribution < -0.4 is 0 Å². The molecule has 2 heterocycles. The fourth-order valence-electron chi connectivity index (χ4n) is 3.15. The Bertz CT molecular complexity index is 1170. The van der Waals surface area contributed by atoms with Crippen LogP contribution in [0.5, 0.6) is 0 Å². The number of fused-ring (bicyclic) bond motifs is 1. The van der Waals surface area contributed by atoms with Gasteiger partial charge in [0.25, 0.3) is 0 Å². The number of aromatic nitrogens is 2. The first-order valence-corrected chi connectivity index (χ1v) is 9.07. The Kier molecular flexibility index (Phi) is 4.32. The molecule has 134 valence electrons. The average molecular weight is 354 g/mol. The summed E-state index contributed by atoms with van der Waals surface area (Å²) in [6, 6.07) is 18.5. The van der Waals surface area contributed by atoms with E-state index in [9.17, 15) is 0 Å². The molecule has 27 heavy (non-hydrogen) atoms. The summed E-state index contributed by atoms with van der Waals surface area (Å²) < 4.78 is 2.02. The van der Waals surface area contributed by atoms with Crippen LogP contribution in [0.15, 0.2) is 71.0 Å². The molecule has 2 aromatic heterocycles. The fourth-order valence-corrected chi connectivity index (χ4v) is 3.15. The zero-order chi connectivity index (χ0) is 19.0.